The Morgan fingerprint density at radius 1 is 1.35 bits per heavy atom. The molecule has 5 nitrogen and oxygen atoms in total. The van der Waals surface area contributed by atoms with E-state index < -0.39 is 10.2 Å². The second-order valence-electron chi connectivity index (χ2n) is 5.15. The molecule has 0 aliphatic carbocycles. The van der Waals surface area contributed by atoms with Crippen molar-refractivity contribution >= 4 is 16.5 Å². The highest BCUT2D eigenvalue weighted by atomic mass is 32.2. The number of rotatable bonds is 5. The Hall–Kier alpha value is -1.24. The summed E-state index contributed by atoms with van der Waals surface area (Å²) in [5.41, 5.74) is 0.947. The van der Waals surface area contributed by atoms with Gasteiger partial charge in [0.05, 0.1) is 0 Å². The lowest BCUT2D eigenvalue weighted by Crippen LogP contribution is -2.46. The second kappa shape index (κ2) is 6.47. The molecule has 110 valence electrons. The normalized spacial score (nSPS) is 21.0. The van der Waals surface area contributed by atoms with Gasteiger partial charge in [-0.15, -0.1) is 0 Å². The summed E-state index contributed by atoms with van der Waals surface area (Å²) in [6.45, 7) is 1.13. The van der Waals surface area contributed by atoms with Gasteiger partial charge in [-0.05, 0) is 18.4 Å². The molecule has 0 saturated carbocycles. The molecule has 0 radical (unpaired) electrons. The summed E-state index contributed by atoms with van der Waals surface area (Å²) in [6.07, 6.45) is 2.37. The Morgan fingerprint density at radius 3 is 2.70 bits per heavy atom. The molecule has 1 aliphatic rings. The van der Waals surface area contributed by atoms with E-state index in [-0.39, 0.29) is 5.92 Å². The summed E-state index contributed by atoms with van der Waals surface area (Å²) in [6, 6.07) is 9.47. The molecule has 6 heteroatoms. The van der Waals surface area contributed by atoms with Crippen LogP contribution in [0.25, 0.3) is 0 Å². The van der Waals surface area contributed by atoms with Gasteiger partial charge >= 0.3 is 0 Å². The van der Waals surface area contributed by atoms with Crippen LogP contribution in [0.1, 0.15) is 18.4 Å². The van der Waals surface area contributed by atoms with E-state index in [1.54, 1.807) is 7.05 Å². The molecule has 1 aromatic carbocycles. The molecule has 1 heterocycles. The van der Waals surface area contributed by atoms with Gasteiger partial charge in [0.25, 0.3) is 10.2 Å². The number of hydrogen-bond donors (Lipinski definition) is 0. The molecule has 1 aromatic rings. The predicted molar refractivity (Wildman–Crippen MR) is 77.2 cm³/mol. The topological polar surface area (TPSA) is 57.7 Å². The first-order valence-corrected chi connectivity index (χ1v) is 8.14. The Kier molecular flexibility index (Phi) is 4.91. The number of aldehydes is 1. The minimum atomic E-state index is -3.50. The molecule has 0 N–H and O–H groups in total. The van der Waals surface area contributed by atoms with Crippen LogP contribution < -0.4 is 0 Å². The third kappa shape index (κ3) is 3.45. The SMILES string of the molecule is CN(Cc1ccccc1)S(=O)(=O)N1CCCC(C=O)C1. The van der Waals surface area contributed by atoms with Gasteiger partial charge in [0, 0.05) is 32.6 Å². The summed E-state index contributed by atoms with van der Waals surface area (Å²) in [4.78, 5) is 10.9. The van der Waals surface area contributed by atoms with E-state index in [9.17, 15) is 13.2 Å². The van der Waals surface area contributed by atoms with E-state index >= 15 is 0 Å². The van der Waals surface area contributed by atoms with Crippen LogP contribution in [-0.4, -0.2) is 43.5 Å². The molecule has 1 fully saturated rings. The van der Waals surface area contributed by atoms with E-state index in [4.69, 9.17) is 0 Å². The third-order valence-electron chi connectivity index (χ3n) is 3.58. The molecular weight excluding hydrogens is 276 g/mol. The molecule has 1 aliphatic heterocycles. The van der Waals surface area contributed by atoms with Crippen LogP contribution in [0, 0.1) is 5.92 Å². The van der Waals surface area contributed by atoms with Crippen molar-refractivity contribution < 1.29 is 13.2 Å². The van der Waals surface area contributed by atoms with E-state index in [2.05, 4.69) is 0 Å². The average Bonchev–Trinajstić information content (AvgIpc) is 2.48. The molecule has 1 saturated heterocycles. The fraction of sp³-hybridized carbons (Fsp3) is 0.500. The fourth-order valence-corrected chi connectivity index (χ4v) is 3.86. The van der Waals surface area contributed by atoms with Gasteiger partial charge < -0.3 is 4.79 Å². The van der Waals surface area contributed by atoms with Crippen molar-refractivity contribution in [2.45, 2.75) is 19.4 Å². The molecule has 2 rings (SSSR count). The predicted octanol–water partition coefficient (Wildman–Crippen LogP) is 1.27. The minimum Gasteiger partial charge on any atom is -0.303 e. The first kappa shape index (κ1) is 15.2. The highest BCUT2D eigenvalue weighted by Crippen LogP contribution is 2.20. The Labute approximate surface area is 120 Å². The van der Waals surface area contributed by atoms with Crippen molar-refractivity contribution in [3.05, 3.63) is 35.9 Å². The zero-order valence-electron chi connectivity index (χ0n) is 11.6. The van der Waals surface area contributed by atoms with Crippen molar-refractivity contribution in [3.8, 4) is 0 Å². The molecular formula is C14H20N2O3S. The van der Waals surface area contributed by atoms with Crippen molar-refractivity contribution in [1.82, 2.24) is 8.61 Å². The van der Waals surface area contributed by atoms with Gasteiger partial charge in [0.2, 0.25) is 0 Å². The number of carbonyl (C=O) groups excluding carboxylic acids is 1. The highest BCUT2D eigenvalue weighted by Gasteiger charge is 2.31. The van der Waals surface area contributed by atoms with Crippen LogP contribution in [-0.2, 0) is 21.5 Å². The molecule has 1 unspecified atom stereocenters. The second-order valence-corrected chi connectivity index (χ2v) is 7.18. The maximum atomic E-state index is 12.5. The zero-order chi connectivity index (χ0) is 14.6. The van der Waals surface area contributed by atoms with Crippen LogP contribution in [0.4, 0.5) is 0 Å². The Bertz CT molecular complexity index is 545. The van der Waals surface area contributed by atoms with Crippen LogP contribution >= 0.6 is 0 Å². The summed E-state index contributed by atoms with van der Waals surface area (Å²) in [5, 5.41) is 0. The van der Waals surface area contributed by atoms with E-state index in [1.807, 2.05) is 30.3 Å². The van der Waals surface area contributed by atoms with Gasteiger partial charge in [-0.2, -0.15) is 17.0 Å². The van der Waals surface area contributed by atoms with Crippen molar-refractivity contribution in [2.24, 2.45) is 5.92 Å². The third-order valence-corrected chi connectivity index (χ3v) is 5.48. The number of hydrogen-bond acceptors (Lipinski definition) is 3. The number of nitrogens with zero attached hydrogens (tertiary/aromatic N) is 2. The molecule has 0 amide bonds. The zero-order valence-corrected chi connectivity index (χ0v) is 12.4. The summed E-state index contributed by atoms with van der Waals surface area (Å²) in [7, 11) is -1.92. The quantitative estimate of drug-likeness (QED) is 0.769. The van der Waals surface area contributed by atoms with E-state index in [0.717, 1.165) is 24.7 Å². The van der Waals surface area contributed by atoms with E-state index in [1.165, 1.54) is 8.61 Å². The van der Waals surface area contributed by atoms with Gasteiger partial charge in [0.15, 0.2) is 0 Å². The van der Waals surface area contributed by atoms with Crippen molar-refractivity contribution in [3.63, 3.8) is 0 Å². The maximum absolute atomic E-state index is 12.5. The number of piperidine rings is 1. The molecule has 0 bridgehead atoms. The first-order valence-electron chi connectivity index (χ1n) is 6.74. The van der Waals surface area contributed by atoms with Gasteiger partial charge in [-0.1, -0.05) is 30.3 Å². The summed E-state index contributed by atoms with van der Waals surface area (Å²) < 4.78 is 27.7. The maximum Gasteiger partial charge on any atom is 0.282 e. The fourth-order valence-electron chi connectivity index (χ4n) is 2.41. The molecule has 0 spiro atoms. The van der Waals surface area contributed by atoms with Crippen molar-refractivity contribution in [2.75, 3.05) is 20.1 Å². The molecule has 20 heavy (non-hydrogen) atoms. The first-order chi connectivity index (χ1) is 9.54. The molecule has 0 aromatic heterocycles. The Morgan fingerprint density at radius 2 is 2.05 bits per heavy atom. The van der Waals surface area contributed by atoms with Crippen LogP contribution in [0.5, 0.6) is 0 Å². The Balaban J connectivity index is 2.07. The van der Waals surface area contributed by atoms with E-state index in [0.29, 0.717) is 19.6 Å². The highest BCUT2D eigenvalue weighted by molar-refractivity contribution is 7.86. The standard InChI is InChI=1S/C14H20N2O3S/c1-15(10-13-6-3-2-4-7-13)20(18,19)16-9-5-8-14(11-16)12-17/h2-4,6-7,12,14H,5,8-11H2,1H3. The monoisotopic (exact) mass is 296 g/mol. The van der Waals surface area contributed by atoms with Crippen LogP contribution in [0.2, 0.25) is 0 Å². The average molecular weight is 296 g/mol. The lowest BCUT2D eigenvalue weighted by molar-refractivity contribution is -0.112. The lowest BCUT2D eigenvalue weighted by atomic mass is 10.0. The largest absolute Gasteiger partial charge is 0.303 e. The summed E-state index contributed by atoms with van der Waals surface area (Å²) in [5.74, 6) is -0.177. The van der Waals surface area contributed by atoms with Gasteiger partial charge in [-0.25, -0.2) is 0 Å². The van der Waals surface area contributed by atoms with Crippen molar-refractivity contribution in [1.29, 1.82) is 0 Å². The minimum absolute atomic E-state index is 0.177. The van der Waals surface area contributed by atoms with Gasteiger partial charge in [-0.3, -0.25) is 0 Å². The van der Waals surface area contributed by atoms with Crippen LogP contribution in [0.3, 0.4) is 0 Å². The lowest BCUT2D eigenvalue weighted by Gasteiger charge is -2.32. The number of carbonyl (C=O) groups is 1. The smallest absolute Gasteiger partial charge is 0.282 e. The van der Waals surface area contributed by atoms with Gasteiger partial charge in [0.1, 0.15) is 6.29 Å². The molecule has 1 atom stereocenters. The van der Waals surface area contributed by atoms with Crippen LogP contribution in [0.15, 0.2) is 30.3 Å². The summed E-state index contributed by atoms with van der Waals surface area (Å²) >= 11 is 0. The number of benzene rings is 1.